The van der Waals surface area contributed by atoms with Crippen LogP contribution >= 0.6 is 11.6 Å². The number of non-ortho nitro benzene ring substituents is 1. The molecule has 1 aliphatic rings. The summed E-state index contributed by atoms with van der Waals surface area (Å²) < 4.78 is 23.5. The van der Waals surface area contributed by atoms with Gasteiger partial charge in [0.05, 0.1) is 27.0 Å². The molecule has 0 bridgehead atoms. The van der Waals surface area contributed by atoms with Crippen LogP contribution in [0.3, 0.4) is 0 Å². The van der Waals surface area contributed by atoms with E-state index in [0.29, 0.717) is 13.0 Å². The first-order valence-corrected chi connectivity index (χ1v) is 9.76. The van der Waals surface area contributed by atoms with E-state index in [2.05, 4.69) is 0 Å². The number of halogens is 1. The second kappa shape index (κ2) is 7.06. The normalized spacial score (nSPS) is 19.4. The van der Waals surface area contributed by atoms with E-state index in [1.54, 1.807) is 0 Å². The number of carbonyl (C=O) groups is 1. The lowest BCUT2D eigenvalue weighted by Gasteiger charge is -2.30. The fourth-order valence-electron chi connectivity index (χ4n) is 2.76. The molecular weight excluding hydrogens is 356 g/mol. The number of hydrogen-bond acceptors (Lipinski definition) is 5. The molecule has 9 heteroatoms. The first-order chi connectivity index (χ1) is 11.1. The summed E-state index contributed by atoms with van der Waals surface area (Å²) in [7, 11) is -3.14. The van der Waals surface area contributed by atoms with Crippen LogP contribution in [-0.2, 0) is 9.84 Å². The van der Waals surface area contributed by atoms with E-state index in [0.717, 1.165) is 6.07 Å². The quantitative estimate of drug-likeness (QED) is 0.582. The average Bonchev–Trinajstić information content (AvgIpc) is 2.83. The number of amides is 1. The summed E-state index contributed by atoms with van der Waals surface area (Å²) in [6.07, 6.45) is 0.394. The van der Waals surface area contributed by atoms with Crippen LogP contribution in [0.2, 0.25) is 5.02 Å². The zero-order valence-corrected chi connectivity index (χ0v) is 15.0. The Hall–Kier alpha value is -1.67. The standard InChI is InChI=1S/C15H19ClN2O5S/c1-10(2)8-17(12-5-6-24(22,23)9-12)15(19)13-4-3-11(18(20)21)7-14(13)16/h3-4,7,10,12H,5-6,8-9H2,1-2H3/t12-/m1/s1. The molecular formula is C15H19ClN2O5S. The number of sulfone groups is 1. The SMILES string of the molecule is CC(C)CN(C(=O)c1ccc([N+](=O)[O-])cc1Cl)[C@@H]1CCS(=O)(=O)C1. The molecule has 0 N–H and O–H groups in total. The second-order valence-corrected chi connectivity index (χ2v) is 8.97. The molecule has 0 aliphatic carbocycles. The van der Waals surface area contributed by atoms with Crippen LogP contribution in [0.25, 0.3) is 0 Å². The lowest BCUT2D eigenvalue weighted by atomic mass is 10.1. The summed E-state index contributed by atoms with van der Waals surface area (Å²) in [4.78, 5) is 24.6. The minimum Gasteiger partial charge on any atom is -0.334 e. The summed E-state index contributed by atoms with van der Waals surface area (Å²) in [6.45, 7) is 4.26. The summed E-state index contributed by atoms with van der Waals surface area (Å²) in [5, 5.41) is 10.8. The lowest BCUT2D eigenvalue weighted by Crippen LogP contribution is -2.43. The van der Waals surface area contributed by atoms with Gasteiger partial charge in [0.1, 0.15) is 0 Å². The third-order valence-corrected chi connectivity index (χ3v) is 5.93. The molecule has 24 heavy (non-hydrogen) atoms. The number of carbonyl (C=O) groups excluding carboxylic acids is 1. The number of benzene rings is 1. The third-order valence-electron chi connectivity index (χ3n) is 3.87. The van der Waals surface area contributed by atoms with E-state index in [-0.39, 0.29) is 33.7 Å². The highest BCUT2D eigenvalue weighted by atomic mass is 35.5. The van der Waals surface area contributed by atoms with Crippen molar-refractivity contribution < 1.29 is 18.1 Å². The highest BCUT2D eigenvalue weighted by Gasteiger charge is 2.35. The van der Waals surface area contributed by atoms with Gasteiger partial charge in [-0.15, -0.1) is 0 Å². The zero-order chi connectivity index (χ0) is 18.1. The van der Waals surface area contributed by atoms with Gasteiger partial charge in [0.2, 0.25) is 0 Å². The van der Waals surface area contributed by atoms with E-state index >= 15 is 0 Å². The molecule has 1 aromatic rings. The van der Waals surface area contributed by atoms with Gasteiger partial charge in [-0.2, -0.15) is 0 Å². The monoisotopic (exact) mass is 374 g/mol. The van der Waals surface area contributed by atoms with Crippen molar-refractivity contribution in [2.45, 2.75) is 26.3 Å². The second-order valence-electron chi connectivity index (χ2n) is 6.33. The van der Waals surface area contributed by atoms with E-state index in [4.69, 9.17) is 11.6 Å². The third kappa shape index (κ3) is 4.24. The molecule has 2 rings (SSSR count). The Labute approximate surface area is 145 Å². The molecule has 0 unspecified atom stereocenters. The predicted molar refractivity (Wildman–Crippen MR) is 91.0 cm³/mol. The average molecular weight is 375 g/mol. The molecule has 132 valence electrons. The molecule has 1 aromatic carbocycles. The number of nitrogens with zero attached hydrogens (tertiary/aromatic N) is 2. The van der Waals surface area contributed by atoms with Gasteiger partial charge in [0.25, 0.3) is 11.6 Å². The Bertz CT molecular complexity index is 763. The van der Waals surface area contributed by atoms with Gasteiger partial charge < -0.3 is 4.90 Å². The molecule has 0 aromatic heterocycles. The van der Waals surface area contributed by atoms with Crippen molar-refractivity contribution in [1.29, 1.82) is 0 Å². The van der Waals surface area contributed by atoms with Gasteiger partial charge in [-0.05, 0) is 18.4 Å². The molecule has 1 amide bonds. The van der Waals surface area contributed by atoms with Gasteiger partial charge in [0, 0.05) is 24.7 Å². The minimum absolute atomic E-state index is 0.0104. The van der Waals surface area contributed by atoms with Crippen molar-refractivity contribution in [2.75, 3.05) is 18.1 Å². The van der Waals surface area contributed by atoms with Crippen LogP contribution in [-0.4, -0.2) is 48.2 Å². The molecule has 7 nitrogen and oxygen atoms in total. The van der Waals surface area contributed by atoms with Crippen molar-refractivity contribution in [1.82, 2.24) is 4.90 Å². The Morgan fingerprint density at radius 1 is 1.46 bits per heavy atom. The van der Waals surface area contributed by atoms with Crippen LogP contribution < -0.4 is 0 Å². The first kappa shape index (κ1) is 18.7. The molecule has 0 saturated carbocycles. The molecule has 0 spiro atoms. The van der Waals surface area contributed by atoms with E-state index in [1.807, 2.05) is 13.8 Å². The molecule has 1 saturated heterocycles. The maximum atomic E-state index is 12.9. The van der Waals surface area contributed by atoms with Crippen molar-refractivity contribution in [3.8, 4) is 0 Å². The summed E-state index contributed by atoms with van der Waals surface area (Å²) >= 11 is 6.04. The number of nitro groups is 1. The maximum absolute atomic E-state index is 12.9. The lowest BCUT2D eigenvalue weighted by molar-refractivity contribution is -0.384. The van der Waals surface area contributed by atoms with Gasteiger partial charge in [-0.3, -0.25) is 14.9 Å². The van der Waals surface area contributed by atoms with Crippen molar-refractivity contribution in [3.05, 3.63) is 38.9 Å². The fourth-order valence-corrected chi connectivity index (χ4v) is 4.74. The predicted octanol–water partition coefficient (Wildman–Crippen LogP) is 2.53. The van der Waals surface area contributed by atoms with E-state index < -0.39 is 26.7 Å². The van der Waals surface area contributed by atoms with E-state index in [1.165, 1.54) is 17.0 Å². The van der Waals surface area contributed by atoms with Gasteiger partial charge in [-0.25, -0.2) is 8.42 Å². The Kier molecular flexibility index (Phi) is 5.49. The van der Waals surface area contributed by atoms with Crippen LogP contribution in [0.5, 0.6) is 0 Å². The largest absolute Gasteiger partial charge is 0.334 e. The Balaban J connectivity index is 2.33. The van der Waals surface area contributed by atoms with Crippen molar-refractivity contribution >= 4 is 33.0 Å². The molecule has 1 fully saturated rings. The molecule has 1 aliphatic heterocycles. The van der Waals surface area contributed by atoms with Crippen LogP contribution in [0, 0.1) is 16.0 Å². The highest BCUT2D eigenvalue weighted by molar-refractivity contribution is 7.91. The smallest absolute Gasteiger partial charge is 0.270 e. The van der Waals surface area contributed by atoms with Crippen LogP contribution in [0.4, 0.5) is 5.69 Å². The van der Waals surface area contributed by atoms with Crippen molar-refractivity contribution in [3.63, 3.8) is 0 Å². The molecule has 0 radical (unpaired) electrons. The Morgan fingerprint density at radius 3 is 2.58 bits per heavy atom. The topological polar surface area (TPSA) is 97.6 Å². The molecule has 1 atom stereocenters. The summed E-state index contributed by atoms with van der Waals surface area (Å²) in [6, 6.07) is 3.28. The first-order valence-electron chi connectivity index (χ1n) is 7.56. The van der Waals surface area contributed by atoms with Crippen LogP contribution in [0.1, 0.15) is 30.6 Å². The number of hydrogen-bond donors (Lipinski definition) is 0. The van der Waals surface area contributed by atoms with Crippen LogP contribution in [0.15, 0.2) is 18.2 Å². The minimum atomic E-state index is -3.14. The van der Waals surface area contributed by atoms with Gasteiger partial charge in [-0.1, -0.05) is 25.4 Å². The van der Waals surface area contributed by atoms with Gasteiger partial charge >= 0.3 is 0 Å². The fraction of sp³-hybridized carbons (Fsp3) is 0.533. The number of nitro benzene ring substituents is 1. The Morgan fingerprint density at radius 2 is 2.12 bits per heavy atom. The van der Waals surface area contributed by atoms with E-state index in [9.17, 15) is 23.3 Å². The highest BCUT2D eigenvalue weighted by Crippen LogP contribution is 2.27. The number of rotatable bonds is 5. The molecule has 1 heterocycles. The van der Waals surface area contributed by atoms with Crippen molar-refractivity contribution in [2.24, 2.45) is 5.92 Å². The summed E-state index contributed by atoms with van der Waals surface area (Å²) in [5.41, 5.74) is -0.0531. The maximum Gasteiger partial charge on any atom is 0.270 e. The van der Waals surface area contributed by atoms with Gasteiger partial charge in [0.15, 0.2) is 9.84 Å². The summed E-state index contributed by atoms with van der Waals surface area (Å²) in [5.74, 6) is -0.247. The zero-order valence-electron chi connectivity index (χ0n) is 13.4.